The number of benzene rings is 1. The lowest BCUT2D eigenvalue weighted by molar-refractivity contribution is -0.116. The number of carbonyl (C=O) groups is 1. The van der Waals surface area contributed by atoms with Crippen molar-refractivity contribution in [3.8, 4) is 5.75 Å². The van der Waals surface area contributed by atoms with Crippen LogP contribution in [-0.4, -0.2) is 12.4 Å². The average molecular weight is 393 g/mol. The Kier molecular flexibility index (Phi) is 5.08. The van der Waals surface area contributed by atoms with Crippen LogP contribution in [-0.2, 0) is 4.79 Å². The van der Waals surface area contributed by atoms with E-state index < -0.39 is 0 Å². The van der Waals surface area contributed by atoms with Crippen LogP contribution in [0.25, 0.3) is 0 Å². The molecule has 0 bridgehead atoms. The predicted molar refractivity (Wildman–Crippen MR) is 117 cm³/mol. The molecule has 3 fully saturated rings. The van der Waals surface area contributed by atoms with Gasteiger partial charge in [-0.3, -0.25) is 4.79 Å². The molecule has 4 aliphatic carbocycles. The van der Waals surface area contributed by atoms with E-state index in [2.05, 4.69) is 38.1 Å². The van der Waals surface area contributed by atoms with E-state index in [-0.39, 0.29) is 0 Å². The molecule has 1 aromatic carbocycles. The van der Waals surface area contributed by atoms with Crippen LogP contribution in [0.2, 0.25) is 0 Å². The number of ketones is 1. The first-order chi connectivity index (χ1) is 14.1. The van der Waals surface area contributed by atoms with E-state index in [4.69, 9.17) is 4.74 Å². The first-order valence-corrected chi connectivity index (χ1v) is 12.0. The van der Waals surface area contributed by atoms with Crippen molar-refractivity contribution in [2.75, 3.05) is 6.61 Å². The highest BCUT2D eigenvalue weighted by molar-refractivity contribution is 5.91. The van der Waals surface area contributed by atoms with Gasteiger partial charge in [-0.05, 0) is 104 Å². The van der Waals surface area contributed by atoms with E-state index in [1.807, 2.05) is 12.1 Å². The topological polar surface area (TPSA) is 26.3 Å². The number of hydrogen-bond acceptors (Lipinski definition) is 2. The molecule has 0 N–H and O–H groups in total. The molecule has 0 heterocycles. The van der Waals surface area contributed by atoms with Crippen molar-refractivity contribution >= 4 is 5.78 Å². The Morgan fingerprint density at radius 2 is 1.93 bits per heavy atom. The largest absolute Gasteiger partial charge is 0.494 e. The van der Waals surface area contributed by atoms with E-state index in [1.165, 1.54) is 44.1 Å². The summed E-state index contributed by atoms with van der Waals surface area (Å²) in [5.74, 6) is 6.19. The molecule has 0 aromatic heterocycles. The Balaban J connectivity index is 1.29. The Morgan fingerprint density at radius 3 is 2.76 bits per heavy atom. The van der Waals surface area contributed by atoms with Crippen molar-refractivity contribution in [1.29, 1.82) is 0 Å². The van der Waals surface area contributed by atoms with Crippen LogP contribution in [0.3, 0.4) is 0 Å². The smallest absolute Gasteiger partial charge is 0.155 e. The van der Waals surface area contributed by atoms with Crippen molar-refractivity contribution in [3.05, 3.63) is 42.0 Å². The molecule has 0 saturated heterocycles. The fraction of sp³-hybridized carbons (Fsp3) is 0.667. The maximum Gasteiger partial charge on any atom is 0.155 e. The number of carbonyl (C=O) groups excluding carboxylic acids is 1. The summed E-state index contributed by atoms with van der Waals surface area (Å²) in [6, 6.07) is 10.3. The summed E-state index contributed by atoms with van der Waals surface area (Å²) in [5, 5.41) is 0. The van der Waals surface area contributed by atoms with Gasteiger partial charge in [0.25, 0.3) is 0 Å². The van der Waals surface area contributed by atoms with E-state index in [1.54, 1.807) is 0 Å². The lowest BCUT2D eigenvalue weighted by Gasteiger charge is -2.56. The summed E-state index contributed by atoms with van der Waals surface area (Å²) in [4.78, 5) is 12.0. The molecule has 0 spiro atoms. The zero-order valence-corrected chi connectivity index (χ0v) is 18.1. The first-order valence-electron chi connectivity index (χ1n) is 12.0. The van der Waals surface area contributed by atoms with Crippen LogP contribution in [0.5, 0.6) is 5.75 Å². The second kappa shape index (κ2) is 7.60. The van der Waals surface area contributed by atoms with Crippen LogP contribution >= 0.6 is 0 Å². The number of ether oxygens (including phenoxy) is 1. The van der Waals surface area contributed by atoms with Gasteiger partial charge in [-0.2, -0.15) is 0 Å². The summed E-state index contributed by atoms with van der Waals surface area (Å²) in [6.45, 7) is 5.93. The molecular formula is C27H36O2. The van der Waals surface area contributed by atoms with E-state index in [0.29, 0.717) is 17.1 Å². The number of allylic oxidation sites excluding steroid dienone is 1. The predicted octanol–water partition coefficient (Wildman–Crippen LogP) is 6.46. The highest BCUT2D eigenvalue weighted by Crippen LogP contribution is 2.65. The lowest BCUT2D eigenvalue weighted by atomic mass is 9.49. The molecule has 0 amide bonds. The van der Waals surface area contributed by atoms with Gasteiger partial charge in [0.05, 0.1) is 6.61 Å². The van der Waals surface area contributed by atoms with Gasteiger partial charge < -0.3 is 4.74 Å². The Bertz CT molecular complexity index is 781. The molecule has 0 aliphatic heterocycles. The minimum atomic E-state index is 0.377. The molecule has 4 aliphatic rings. The molecule has 5 rings (SSSR count). The maximum atomic E-state index is 12.0. The number of fused-ring (bicyclic) bond motifs is 5. The SMILES string of the molecule is C[C@@H]1CC2=CC(=O)CCC2C2CCC3(C)C(CC[C@@H]3CCOc3ccccc3)C21. The van der Waals surface area contributed by atoms with Crippen molar-refractivity contribution in [2.24, 2.45) is 40.9 Å². The highest BCUT2D eigenvalue weighted by atomic mass is 16.5. The van der Waals surface area contributed by atoms with Crippen LogP contribution in [0.4, 0.5) is 0 Å². The molecule has 0 radical (unpaired) electrons. The summed E-state index contributed by atoms with van der Waals surface area (Å²) in [5.41, 5.74) is 1.99. The number of para-hydroxylation sites is 1. The van der Waals surface area contributed by atoms with Crippen molar-refractivity contribution in [3.63, 3.8) is 0 Å². The van der Waals surface area contributed by atoms with Gasteiger partial charge in [0.15, 0.2) is 5.78 Å². The zero-order chi connectivity index (χ0) is 20.0. The molecule has 7 atom stereocenters. The van der Waals surface area contributed by atoms with Gasteiger partial charge in [-0.15, -0.1) is 0 Å². The van der Waals surface area contributed by atoms with Crippen molar-refractivity contribution < 1.29 is 9.53 Å². The van der Waals surface area contributed by atoms with Gasteiger partial charge in [-0.25, -0.2) is 0 Å². The summed E-state index contributed by atoms with van der Waals surface area (Å²) >= 11 is 0. The normalized spacial score (nSPS) is 41.2. The average Bonchev–Trinajstić information content (AvgIpc) is 3.05. The van der Waals surface area contributed by atoms with Crippen molar-refractivity contribution in [1.82, 2.24) is 0 Å². The van der Waals surface area contributed by atoms with Crippen LogP contribution in [0.15, 0.2) is 42.0 Å². The highest BCUT2D eigenvalue weighted by Gasteiger charge is 2.57. The maximum absolute atomic E-state index is 12.0. The van der Waals surface area contributed by atoms with Gasteiger partial charge in [0.2, 0.25) is 0 Å². The quantitative estimate of drug-likeness (QED) is 0.588. The van der Waals surface area contributed by atoms with Gasteiger partial charge in [0.1, 0.15) is 5.75 Å². The fourth-order valence-corrected chi connectivity index (χ4v) is 8.01. The Labute approximate surface area is 176 Å². The standard InChI is InChI=1S/C27H36O2/c1-18-16-19-17-21(28)9-10-23(19)24-12-14-27(2)20(8-11-25(27)26(18)24)13-15-29-22-6-4-3-5-7-22/h3-7,17-18,20,23-26H,8-16H2,1-2H3/t18-,20-,23?,24?,25?,26?,27?/m1/s1. The Hall–Kier alpha value is -1.57. The Morgan fingerprint density at radius 1 is 1.10 bits per heavy atom. The van der Waals surface area contributed by atoms with E-state index in [0.717, 1.165) is 54.8 Å². The minimum absolute atomic E-state index is 0.377. The first kappa shape index (κ1) is 19.4. The number of hydrogen-bond donors (Lipinski definition) is 0. The molecule has 3 saturated carbocycles. The van der Waals surface area contributed by atoms with Crippen molar-refractivity contribution in [2.45, 2.75) is 65.2 Å². The minimum Gasteiger partial charge on any atom is -0.494 e. The second-order valence-electron chi connectivity index (χ2n) is 10.6. The molecule has 1 aromatic rings. The van der Waals surface area contributed by atoms with Gasteiger partial charge in [-0.1, -0.05) is 37.6 Å². The molecule has 156 valence electrons. The summed E-state index contributed by atoms with van der Waals surface area (Å²) in [6.07, 6.45) is 11.8. The third-order valence-corrected chi connectivity index (χ3v) is 9.32. The number of rotatable bonds is 4. The van der Waals surface area contributed by atoms with Gasteiger partial charge >= 0.3 is 0 Å². The third kappa shape index (κ3) is 3.37. The van der Waals surface area contributed by atoms with Crippen LogP contribution < -0.4 is 4.74 Å². The molecule has 2 heteroatoms. The fourth-order valence-electron chi connectivity index (χ4n) is 8.01. The molecule has 29 heavy (non-hydrogen) atoms. The molecular weight excluding hydrogens is 356 g/mol. The zero-order valence-electron chi connectivity index (χ0n) is 18.1. The van der Waals surface area contributed by atoms with E-state index >= 15 is 0 Å². The van der Waals surface area contributed by atoms with Gasteiger partial charge in [0, 0.05) is 6.42 Å². The van der Waals surface area contributed by atoms with E-state index in [9.17, 15) is 4.79 Å². The molecule has 2 nitrogen and oxygen atoms in total. The third-order valence-electron chi connectivity index (χ3n) is 9.32. The van der Waals surface area contributed by atoms with Crippen LogP contribution in [0, 0.1) is 40.9 Å². The monoisotopic (exact) mass is 392 g/mol. The summed E-state index contributed by atoms with van der Waals surface area (Å²) < 4.78 is 6.06. The van der Waals surface area contributed by atoms with Crippen LogP contribution in [0.1, 0.15) is 65.2 Å². The summed E-state index contributed by atoms with van der Waals surface area (Å²) in [7, 11) is 0. The second-order valence-corrected chi connectivity index (χ2v) is 10.6. The lowest BCUT2D eigenvalue weighted by Crippen LogP contribution is -2.49. The molecule has 5 unspecified atom stereocenters.